The van der Waals surface area contributed by atoms with E-state index < -0.39 is 0 Å². The van der Waals surface area contributed by atoms with Crippen LogP contribution in [0.1, 0.15) is 41.2 Å². The highest BCUT2D eigenvalue weighted by Gasteiger charge is 2.21. The van der Waals surface area contributed by atoms with Crippen molar-refractivity contribution in [2.75, 3.05) is 19.6 Å². The highest BCUT2D eigenvalue weighted by molar-refractivity contribution is 5.95. The van der Waals surface area contributed by atoms with Gasteiger partial charge in [-0.2, -0.15) is 0 Å². The van der Waals surface area contributed by atoms with Crippen LogP contribution >= 0.6 is 12.4 Å². The van der Waals surface area contributed by atoms with E-state index in [1.54, 1.807) is 28.6 Å². The molecule has 1 aliphatic heterocycles. The maximum Gasteiger partial charge on any atom is 0.263 e. The first-order valence-corrected chi connectivity index (χ1v) is 8.71. The third-order valence-electron chi connectivity index (χ3n) is 4.58. The maximum absolute atomic E-state index is 12.8. The molecule has 0 atom stereocenters. The van der Waals surface area contributed by atoms with Crippen molar-refractivity contribution >= 4 is 18.3 Å². The van der Waals surface area contributed by atoms with Crippen LogP contribution in [0.5, 0.6) is 0 Å². The van der Waals surface area contributed by atoms with Crippen molar-refractivity contribution in [3.63, 3.8) is 0 Å². The minimum Gasteiger partial charge on any atom is -0.352 e. The molecule has 26 heavy (non-hydrogen) atoms. The minimum atomic E-state index is -0.302. The normalized spacial score (nSPS) is 14.7. The Balaban J connectivity index is 0.00000243. The van der Waals surface area contributed by atoms with Gasteiger partial charge in [-0.1, -0.05) is 5.21 Å². The lowest BCUT2D eigenvalue weighted by Crippen LogP contribution is -2.38. The molecule has 1 saturated heterocycles. The Morgan fingerprint density at radius 2 is 2.12 bits per heavy atom. The van der Waals surface area contributed by atoms with Crippen LogP contribution in [-0.4, -0.2) is 45.1 Å². The molecule has 142 valence electrons. The van der Waals surface area contributed by atoms with E-state index >= 15 is 0 Å². The third kappa shape index (κ3) is 4.70. The van der Waals surface area contributed by atoms with Gasteiger partial charge in [-0.3, -0.25) is 14.3 Å². The largest absolute Gasteiger partial charge is 0.352 e. The molecule has 2 N–H and O–H groups in total. The lowest BCUT2D eigenvalue weighted by atomic mass is 10.0. The predicted molar refractivity (Wildman–Crippen MR) is 101 cm³/mol. The second-order valence-corrected chi connectivity index (χ2v) is 6.34. The van der Waals surface area contributed by atoms with E-state index in [0.29, 0.717) is 18.7 Å². The van der Waals surface area contributed by atoms with Crippen LogP contribution in [-0.2, 0) is 6.54 Å². The number of carbonyl (C=O) groups excluding carboxylic acids is 1. The topological polar surface area (TPSA) is 93.8 Å². The number of rotatable bonds is 6. The summed E-state index contributed by atoms with van der Waals surface area (Å²) in [5.74, 6) is -0.302. The van der Waals surface area contributed by atoms with Gasteiger partial charge in [0.1, 0.15) is 5.56 Å². The number of amides is 1. The second kappa shape index (κ2) is 9.49. The summed E-state index contributed by atoms with van der Waals surface area (Å²) in [5, 5.41) is 13.8. The smallest absolute Gasteiger partial charge is 0.263 e. The molecule has 3 rings (SSSR count). The molecule has 1 fully saturated rings. The van der Waals surface area contributed by atoms with Crippen LogP contribution in [0.15, 0.2) is 29.5 Å². The molecule has 0 aromatic carbocycles. The van der Waals surface area contributed by atoms with Gasteiger partial charge in [-0.25, -0.2) is 0 Å². The second-order valence-electron chi connectivity index (χ2n) is 6.34. The number of hydrogen-bond donors (Lipinski definition) is 2. The van der Waals surface area contributed by atoms with Crippen LogP contribution < -0.4 is 16.2 Å². The average Bonchev–Trinajstić information content (AvgIpc) is 3.13. The lowest BCUT2D eigenvalue weighted by Gasteiger charge is -2.25. The van der Waals surface area contributed by atoms with E-state index in [9.17, 15) is 9.59 Å². The summed E-state index contributed by atoms with van der Waals surface area (Å²) in [6.45, 7) is 4.76. The van der Waals surface area contributed by atoms with Gasteiger partial charge in [-0.15, -0.1) is 17.5 Å². The summed E-state index contributed by atoms with van der Waals surface area (Å²) in [5.41, 5.74) is 0.770. The Bertz CT molecular complexity index is 768. The molecule has 0 unspecified atom stereocenters. The average molecular weight is 381 g/mol. The van der Waals surface area contributed by atoms with Crippen molar-refractivity contribution in [2.24, 2.45) is 0 Å². The number of hydrogen-bond acceptors (Lipinski definition) is 5. The monoisotopic (exact) mass is 380 g/mol. The van der Waals surface area contributed by atoms with Crippen LogP contribution in [0.25, 0.3) is 0 Å². The minimum absolute atomic E-state index is 0. The highest BCUT2D eigenvalue weighted by atomic mass is 35.5. The first-order valence-electron chi connectivity index (χ1n) is 8.71. The van der Waals surface area contributed by atoms with Gasteiger partial charge < -0.3 is 15.2 Å². The molecular weight excluding hydrogens is 356 g/mol. The number of carbonyl (C=O) groups is 1. The van der Waals surface area contributed by atoms with E-state index in [0.717, 1.165) is 32.4 Å². The Hall–Kier alpha value is -2.19. The van der Waals surface area contributed by atoms with Gasteiger partial charge >= 0.3 is 0 Å². The van der Waals surface area contributed by atoms with Crippen molar-refractivity contribution in [3.8, 4) is 0 Å². The molecule has 0 bridgehead atoms. The standard InChI is InChI=1S/C17H24N6O2.ClH/c1-13-5-11-23(14-3-7-18-8-4-14)17(25)15(13)16(24)19-6-2-10-22-12-9-20-21-22;/h5,9,11-12,14,18H,2-4,6-8,10H2,1H3,(H,19,24);1H. The van der Waals surface area contributed by atoms with Crippen LogP contribution in [0.3, 0.4) is 0 Å². The van der Waals surface area contributed by atoms with E-state index in [2.05, 4.69) is 20.9 Å². The van der Waals surface area contributed by atoms with Crippen molar-refractivity contribution < 1.29 is 4.79 Å². The van der Waals surface area contributed by atoms with Gasteiger partial charge in [0.25, 0.3) is 11.5 Å². The SMILES string of the molecule is Cc1ccn(C2CCNCC2)c(=O)c1C(=O)NCCCn1ccnn1.Cl. The maximum atomic E-state index is 12.8. The van der Waals surface area contributed by atoms with Gasteiger partial charge in [-0.05, 0) is 50.9 Å². The zero-order chi connectivity index (χ0) is 17.6. The molecule has 3 heterocycles. The van der Waals surface area contributed by atoms with Crippen molar-refractivity contribution in [2.45, 2.75) is 38.8 Å². The Labute approximate surface area is 158 Å². The van der Waals surface area contributed by atoms with Crippen LogP contribution in [0.2, 0.25) is 0 Å². The summed E-state index contributed by atoms with van der Waals surface area (Å²) in [6, 6.07) is 2.02. The zero-order valence-electron chi connectivity index (χ0n) is 14.9. The molecule has 2 aromatic heterocycles. The molecule has 0 spiro atoms. The fraction of sp³-hybridized carbons (Fsp3) is 0.529. The number of nitrogens with zero attached hydrogens (tertiary/aromatic N) is 4. The van der Waals surface area contributed by atoms with Gasteiger partial charge in [0.2, 0.25) is 0 Å². The lowest BCUT2D eigenvalue weighted by molar-refractivity contribution is 0.0949. The molecule has 0 radical (unpaired) electrons. The number of aryl methyl sites for hydroxylation is 2. The van der Waals surface area contributed by atoms with E-state index in [-0.39, 0.29) is 35.5 Å². The third-order valence-corrected chi connectivity index (χ3v) is 4.58. The van der Waals surface area contributed by atoms with Gasteiger partial charge in [0.05, 0.1) is 6.20 Å². The Morgan fingerprint density at radius 1 is 1.35 bits per heavy atom. The Morgan fingerprint density at radius 3 is 2.81 bits per heavy atom. The number of pyridine rings is 1. The first-order chi connectivity index (χ1) is 12.2. The summed E-state index contributed by atoms with van der Waals surface area (Å²) < 4.78 is 3.43. The Kier molecular flexibility index (Phi) is 7.35. The van der Waals surface area contributed by atoms with Crippen LogP contribution in [0.4, 0.5) is 0 Å². The molecule has 9 heteroatoms. The molecule has 1 aliphatic rings. The highest BCUT2D eigenvalue weighted by Crippen LogP contribution is 2.17. The molecular formula is C17H25ClN6O2. The summed E-state index contributed by atoms with van der Waals surface area (Å²) in [6.07, 6.45) is 7.75. The van der Waals surface area contributed by atoms with E-state index in [1.165, 1.54) is 0 Å². The number of piperidine rings is 1. The summed E-state index contributed by atoms with van der Waals surface area (Å²) >= 11 is 0. The summed E-state index contributed by atoms with van der Waals surface area (Å²) in [7, 11) is 0. The summed E-state index contributed by atoms with van der Waals surface area (Å²) in [4.78, 5) is 25.3. The quantitative estimate of drug-likeness (QED) is 0.726. The van der Waals surface area contributed by atoms with E-state index in [4.69, 9.17) is 0 Å². The number of aromatic nitrogens is 4. The van der Waals surface area contributed by atoms with Gasteiger partial charge in [0.15, 0.2) is 0 Å². The fourth-order valence-corrected chi connectivity index (χ4v) is 3.17. The molecule has 2 aromatic rings. The van der Waals surface area contributed by atoms with Crippen molar-refractivity contribution in [1.82, 2.24) is 30.2 Å². The molecule has 0 aliphatic carbocycles. The first kappa shape index (κ1) is 20.1. The molecule has 1 amide bonds. The molecule has 0 saturated carbocycles. The predicted octanol–water partition coefficient (Wildman–Crippen LogP) is 0.915. The zero-order valence-corrected chi connectivity index (χ0v) is 15.7. The number of halogens is 1. The van der Waals surface area contributed by atoms with E-state index in [1.807, 2.05) is 12.3 Å². The number of nitrogens with one attached hydrogen (secondary N) is 2. The van der Waals surface area contributed by atoms with Gasteiger partial charge in [0, 0.05) is 31.5 Å². The van der Waals surface area contributed by atoms with Crippen molar-refractivity contribution in [1.29, 1.82) is 0 Å². The molecule has 8 nitrogen and oxygen atoms in total. The van der Waals surface area contributed by atoms with Crippen molar-refractivity contribution in [3.05, 3.63) is 46.1 Å². The fourth-order valence-electron chi connectivity index (χ4n) is 3.17. The van der Waals surface area contributed by atoms with Crippen LogP contribution in [0, 0.1) is 6.92 Å².